The number of nitrogens with two attached hydrogens (primary N) is 1. The average Bonchev–Trinajstić information content (AvgIpc) is 3.67. The highest BCUT2D eigenvalue weighted by Crippen LogP contribution is 2.62. The van der Waals surface area contributed by atoms with E-state index in [1.165, 1.54) is 30.4 Å². The average molecular weight is 986 g/mol. The minimum absolute atomic E-state index is 0.0310. The van der Waals surface area contributed by atoms with Crippen LogP contribution in [0.1, 0.15) is 158 Å². The Kier molecular flexibility index (Phi) is 22.1. The lowest BCUT2D eigenvalue weighted by atomic mass is 9.55. The normalized spacial score (nSPS) is 22.2. The Morgan fingerprint density at radius 2 is 1.55 bits per heavy atom. The van der Waals surface area contributed by atoms with Crippen molar-refractivity contribution in [1.82, 2.24) is 5.32 Å². The number of aryl methyl sites for hydroxylation is 1. The highest BCUT2D eigenvalue weighted by atomic mass is 31.2. The van der Waals surface area contributed by atoms with Crippen LogP contribution in [0.5, 0.6) is 17.2 Å². The molecule has 0 heterocycles. The van der Waals surface area contributed by atoms with Crippen molar-refractivity contribution in [3.05, 3.63) is 47.0 Å². The van der Waals surface area contributed by atoms with Gasteiger partial charge >= 0.3 is 13.8 Å². The number of hydrogen-bond acceptors (Lipinski definition) is 13. The van der Waals surface area contributed by atoms with E-state index in [-0.39, 0.29) is 86.2 Å². The molecule has 0 saturated heterocycles. The van der Waals surface area contributed by atoms with Gasteiger partial charge in [0.05, 0.1) is 45.8 Å². The Hall–Kier alpha value is -4.21. The van der Waals surface area contributed by atoms with Crippen LogP contribution in [0.4, 0.5) is 5.69 Å². The predicted octanol–water partition coefficient (Wildman–Crippen LogP) is 9.79. The highest BCUT2D eigenvalue weighted by molar-refractivity contribution is 7.48. The number of phenols is 1. The molecule has 3 aliphatic rings. The van der Waals surface area contributed by atoms with Gasteiger partial charge in [0.1, 0.15) is 29.8 Å². The third-order valence-electron chi connectivity index (χ3n) is 14.7. The van der Waals surface area contributed by atoms with Crippen molar-refractivity contribution in [1.29, 1.82) is 0 Å². The van der Waals surface area contributed by atoms with Crippen LogP contribution in [0.3, 0.4) is 0 Å². The van der Waals surface area contributed by atoms with Gasteiger partial charge in [0.15, 0.2) is 5.75 Å². The number of carbonyl (C=O) groups is 4. The zero-order valence-corrected chi connectivity index (χ0v) is 42.9. The van der Waals surface area contributed by atoms with Gasteiger partial charge in [-0.2, -0.15) is 0 Å². The number of phosphoric acid groups is 1. The summed E-state index contributed by atoms with van der Waals surface area (Å²) in [6.07, 6.45) is 13.6. The molecule has 2 aromatic rings. The number of anilines is 1. The molecule has 3 aliphatic carbocycles. The Balaban J connectivity index is 1.02. The highest BCUT2D eigenvalue weighted by Gasteiger charge is 2.56. The van der Waals surface area contributed by atoms with E-state index in [1.807, 2.05) is 6.07 Å². The summed E-state index contributed by atoms with van der Waals surface area (Å²) in [5, 5.41) is 15.5. The maximum Gasteiger partial charge on any atom is 0.530 e. The molecule has 2 fully saturated rings. The van der Waals surface area contributed by atoms with E-state index >= 15 is 0 Å². The molecular formula is C52H80N3O13P. The molecule has 0 bridgehead atoms. The number of esters is 1. The van der Waals surface area contributed by atoms with Crippen LogP contribution in [-0.4, -0.2) is 88.2 Å². The minimum Gasteiger partial charge on any atom is -0.505 e. The number of primary amides is 1. The summed E-state index contributed by atoms with van der Waals surface area (Å²) in [5.41, 5.74) is 7.48. The number of ether oxygens (including phenoxy) is 4. The molecule has 2 aromatic carbocycles. The Morgan fingerprint density at radius 3 is 2.20 bits per heavy atom. The van der Waals surface area contributed by atoms with Crippen LogP contribution in [0.2, 0.25) is 0 Å². The second-order valence-corrected chi connectivity index (χ2v) is 20.9. The van der Waals surface area contributed by atoms with Crippen LogP contribution in [0.25, 0.3) is 0 Å². The van der Waals surface area contributed by atoms with Gasteiger partial charge < -0.3 is 44.9 Å². The molecule has 0 aliphatic heterocycles. The lowest BCUT2D eigenvalue weighted by Crippen LogP contribution is -2.45. The Morgan fingerprint density at radius 1 is 0.870 bits per heavy atom. The number of phosphoric ester groups is 1. The molecule has 2 saturated carbocycles. The van der Waals surface area contributed by atoms with E-state index in [0.29, 0.717) is 48.6 Å². The van der Waals surface area contributed by atoms with Crippen LogP contribution in [0.15, 0.2) is 30.3 Å². The van der Waals surface area contributed by atoms with Crippen molar-refractivity contribution < 1.29 is 61.4 Å². The van der Waals surface area contributed by atoms with Crippen molar-refractivity contribution >= 4 is 37.2 Å². The Labute approximate surface area is 409 Å². The van der Waals surface area contributed by atoms with E-state index in [0.717, 1.165) is 89.9 Å². The van der Waals surface area contributed by atoms with Crippen molar-refractivity contribution in [3.8, 4) is 17.2 Å². The van der Waals surface area contributed by atoms with Crippen LogP contribution < -0.4 is 25.6 Å². The van der Waals surface area contributed by atoms with E-state index in [4.69, 9.17) is 38.3 Å². The van der Waals surface area contributed by atoms with Gasteiger partial charge in [-0.1, -0.05) is 79.2 Å². The molecule has 5 rings (SSSR count). The first-order valence-corrected chi connectivity index (χ1v) is 27.0. The molecule has 0 aromatic heterocycles. The minimum atomic E-state index is -3.88. The number of methoxy groups -OCH3 is 1. The molecule has 0 spiro atoms. The second-order valence-electron chi connectivity index (χ2n) is 19.3. The van der Waals surface area contributed by atoms with Gasteiger partial charge in [-0.15, -0.1) is 0 Å². The van der Waals surface area contributed by atoms with Gasteiger partial charge in [0, 0.05) is 24.8 Å². The zero-order chi connectivity index (χ0) is 50.0. The van der Waals surface area contributed by atoms with E-state index in [9.17, 15) is 28.8 Å². The second kappa shape index (κ2) is 27.4. The quantitative estimate of drug-likeness (QED) is 0.0240. The van der Waals surface area contributed by atoms with Gasteiger partial charge in [0.25, 0.3) is 5.91 Å². The van der Waals surface area contributed by atoms with Crippen molar-refractivity contribution in [2.45, 2.75) is 149 Å². The number of hydrogen-bond donors (Lipinski definition) is 4. The van der Waals surface area contributed by atoms with E-state index in [2.05, 4.69) is 57.4 Å². The molecule has 16 nitrogen and oxygen atoms in total. The fraction of sp³-hybridized carbons (Fsp3) is 0.692. The lowest BCUT2D eigenvalue weighted by molar-refractivity contribution is -0.163. The molecule has 386 valence electrons. The number of benzene rings is 2. The third-order valence-corrected chi connectivity index (χ3v) is 16.1. The SMILES string of the molecule is CCCCC(CC)COP(=O)(OCC(CC)CCCC)Oc1ccc2c(c1)CCC1C2CCC2(C)C(OC(=O)COCCOCCNC(=O)CCC(=O)Nc3ccc(OC)c(C(N)=O)c3O)CCC12. The number of rotatable bonds is 31. The third kappa shape index (κ3) is 15.6. The zero-order valence-electron chi connectivity index (χ0n) is 42.0. The number of nitrogens with one attached hydrogen (secondary N) is 2. The summed E-state index contributed by atoms with van der Waals surface area (Å²) in [7, 11) is -2.56. The van der Waals surface area contributed by atoms with E-state index < -0.39 is 25.4 Å². The maximum atomic E-state index is 14.3. The van der Waals surface area contributed by atoms with Crippen LogP contribution in [-0.2, 0) is 48.6 Å². The molecule has 17 heteroatoms. The fourth-order valence-electron chi connectivity index (χ4n) is 10.6. The summed E-state index contributed by atoms with van der Waals surface area (Å²) in [6, 6.07) is 8.92. The molecule has 5 N–H and O–H groups in total. The summed E-state index contributed by atoms with van der Waals surface area (Å²) < 4.78 is 55.1. The molecule has 3 amide bonds. The van der Waals surface area contributed by atoms with Crippen LogP contribution in [0, 0.1) is 29.1 Å². The summed E-state index contributed by atoms with van der Waals surface area (Å²) >= 11 is 0. The number of unbranched alkanes of at least 4 members (excludes halogenated alkanes) is 2. The monoisotopic (exact) mass is 986 g/mol. The molecular weight excluding hydrogens is 906 g/mol. The Bertz CT molecular complexity index is 2030. The molecule has 7 unspecified atom stereocenters. The topological polar surface area (TPSA) is 220 Å². The van der Waals surface area contributed by atoms with Gasteiger partial charge in [-0.3, -0.25) is 23.4 Å². The molecule has 7 atom stereocenters. The smallest absolute Gasteiger partial charge is 0.505 e. The summed E-state index contributed by atoms with van der Waals surface area (Å²) in [5.74, 6) is -0.259. The number of carbonyl (C=O) groups excluding carboxylic acids is 4. The van der Waals surface area contributed by atoms with Crippen LogP contribution >= 0.6 is 7.82 Å². The van der Waals surface area contributed by atoms with Gasteiger partial charge in [-0.05, 0) is 116 Å². The first-order chi connectivity index (χ1) is 33.2. The number of amides is 3. The van der Waals surface area contributed by atoms with Gasteiger partial charge in [0.2, 0.25) is 11.8 Å². The fourth-order valence-corrected chi connectivity index (χ4v) is 11.9. The largest absolute Gasteiger partial charge is 0.530 e. The van der Waals surface area contributed by atoms with Crippen molar-refractivity contribution in [2.24, 2.45) is 34.8 Å². The van der Waals surface area contributed by atoms with Gasteiger partial charge in [-0.25, -0.2) is 9.36 Å². The lowest BCUT2D eigenvalue weighted by Gasteiger charge is -2.50. The first kappa shape index (κ1) is 55.7. The van der Waals surface area contributed by atoms with E-state index in [1.54, 1.807) is 0 Å². The predicted molar refractivity (Wildman–Crippen MR) is 263 cm³/mol. The number of fused-ring (bicyclic) bond motifs is 5. The van der Waals surface area contributed by atoms with Crippen molar-refractivity contribution in [2.75, 3.05) is 58.6 Å². The standard InChI is InChI=1S/C52H80N3O13P/c1-7-11-13-35(9-3)32-65-69(61,66-33-36(10-4)14-12-8-2)68-38-16-18-39-37(31-38)15-17-41-40(39)25-26-52(5)42(41)19-22-45(52)67-48(58)34-64-30-29-63-28-27-54-46(56)23-24-47(57)55-43-20-21-44(62-6)49(50(43)59)51(53)60/h16,18,20-21,31,35-36,40-42,45,59H,7-15,17,19,22-30,32-34H2,1-6H3,(H2,53,60)(H,54,56)(H,55,57). The maximum absolute atomic E-state index is 14.3. The summed E-state index contributed by atoms with van der Waals surface area (Å²) in [4.78, 5) is 49.4. The molecule has 69 heavy (non-hydrogen) atoms. The first-order valence-electron chi connectivity index (χ1n) is 25.5. The van der Waals surface area contributed by atoms with Crippen molar-refractivity contribution in [3.63, 3.8) is 0 Å². The molecule has 0 radical (unpaired) electrons. The summed E-state index contributed by atoms with van der Waals surface area (Å²) in [6.45, 7) is 12.3. The number of aromatic hydroxyl groups is 1.